The third-order valence-electron chi connectivity index (χ3n) is 2.46. The summed E-state index contributed by atoms with van der Waals surface area (Å²) in [5.74, 6) is -2.00. The van der Waals surface area contributed by atoms with Crippen LogP contribution in [0.2, 0.25) is 0 Å². The Morgan fingerprint density at radius 3 is 2.00 bits per heavy atom. The number of carbonyl (C=O) groups excluding carboxylic acids is 3. The van der Waals surface area contributed by atoms with E-state index in [1.165, 1.54) is 6.92 Å². The standard InChI is InChI=1S/C15H24O6/c1-4-6-10-19-13(16)8-9-14(17)21-12(3)15(18)20-11-7-5-2/h8-9,12H,4-7,10-11H2,1-3H3/b9-8-/t12-/m1/s1. The molecule has 6 heteroatoms. The number of esters is 3. The molecule has 0 bridgehead atoms. The number of rotatable bonds is 10. The first-order valence-electron chi connectivity index (χ1n) is 7.23. The van der Waals surface area contributed by atoms with Crippen LogP contribution < -0.4 is 0 Å². The van der Waals surface area contributed by atoms with Crippen LogP contribution in [0.4, 0.5) is 0 Å². The molecule has 21 heavy (non-hydrogen) atoms. The Morgan fingerprint density at radius 2 is 1.43 bits per heavy atom. The van der Waals surface area contributed by atoms with Gasteiger partial charge >= 0.3 is 17.9 Å². The molecule has 120 valence electrons. The molecule has 0 saturated carbocycles. The summed E-state index contributed by atoms with van der Waals surface area (Å²) in [6.45, 7) is 5.98. The number of carbonyl (C=O) groups is 3. The summed E-state index contributed by atoms with van der Waals surface area (Å²) >= 11 is 0. The molecular formula is C15H24O6. The van der Waals surface area contributed by atoms with Gasteiger partial charge in [0.2, 0.25) is 0 Å². The summed E-state index contributed by atoms with van der Waals surface area (Å²) in [5, 5.41) is 0. The molecule has 0 aliphatic heterocycles. The Bertz CT molecular complexity index is 361. The number of hydrogen-bond acceptors (Lipinski definition) is 6. The van der Waals surface area contributed by atoms with E-state index < -0.39 is 24.0 Å². The lowest BCUT2D eigenvalue weighted by molar-refractivity contribution is -0.163. The van der Waals surface area contributed by atoms with Crippen molar-refractivity contribution in [2.24, 2.45) is 0 Å². The van der Waals surface area contributed by atoms with Crippen LogP contribution in [0.25, 0.3) is 0 Å². The van der Waals surface area contributed by atoms with E-state index in [0.717, 1.165) is 37.8 Å². The van der Waals surface area contributed by atoms with Crippen LogP contribution in [-0.4, -0.2) is 37.2 Å². The fraction of sp³-hybridized carbons (Fsp3) is 0.667. The first-order valence-corrected chi connectivity index (χ1v) is 7.23. The second-order valence-electron chi connectivity index (χ2n) is 4.45. The van der Waals surface area contributed by atoms with Crippen molar-refractivity contribution >= 4 is 17.9 Å². The van der Waals surface area contributed by atoms with Gasteiger partial charge in [-0.2, -0.15) is 0 Å². The first kappa shape index (κ1) is 19.1. The third-order valence-corrected chi connectivity index (χ3v) is 2.46. The van der Waals surface area contributed by atoms with Crippen LogP contribution in [0.1, 0.15) is 46.5 Å². The van der Waals surface area contributed by atoms with Gasteiger partial charge in [-0.15, -0.1) is 0 Å². The number of ether oxygens (including phenoxy) is 3. The van der Waals surface area contributed by atoms with Gasteiger partial charge in [-0.1, -0.05) is 26.7 Å². The molecule has 1 atom stereocenters. The van der Waals surface area contributed by atoms with Gasteiger partial charge in [0.15, 0.2) is 6.10 Å². The summed E-state index contributed by atoms with van der Waals surface area (Å²) in [6.07, 6.45) is 4.26. The average molecular weight is 300 g/mol. The molecule has 0 aliphatic carbocycles. The second kappa shape index (κ2) is 11.9. The van der Waals surface area contributed by atoms with E-state index in [2.05, 4.69) is 0 Å². The quantitative estimate of drug-likeness (QED) is 0.266. The summed E-state index contributed by atoms with van der Waals surface area (Å²) in [4.78, 5) is 34.1. The molecule has 0 saturated heterocycles. The Labute approximate surface area is 125 Å². The predicted molar refractivity (Wildman–Crippen MR) is 76.4 cm³/mol. The maximum Gasteiger partial charge on any atom is 0.347 e. The number of hydrogen-bond donors (Lipinski definition) is 0. The van der Waals surface area contributed by atoms with Gasteiger partial charge < -0.3 is 14.2 Å². The zero-order chi connectivity index (χ0) is 16.1. The Morgan fingerprint density at radius 1 is 0.905 bits per heavy atom. The van der Waals surface area contributed by atoms with Crippen molar-refractivity contribution in [2.75, 3.05) is 13.2 Å². The zero-order valence-corrected chi connectivity index (χ0v) is 12.9. The largest absolute Gasteiger partial charge is 0.463 e. The smallest absolute Gasteiger partial charge is 0.347 e. The molecule has 0 fully saturated rings. The van der Waals surface area contributed by atoms with Crippen molar-refractivity contribution in [2.45, 2.75) is 52.6 Å². The average Bonchev–Trinajstić information content (AvgIpc) is 2.45. The van der Waals surface area contributed by atoms with Crippen molar-refractivity contribution in [3.05, 3.63) is 12.2 Å². The predicted octanol–water partition coefficient (Wildman–Crippen LogP) is 2.16. The first-order chi connectivity index (χ1) is 10.0. The van der Waals surface area contributed by atoms with Crippen molar-refractivity contribution in [1.29, 1.82) is 0 Å². The highest BCUT2D eigenvalue weighted by molar-refractivity contribution is 5.92. The van der Waals surface area contributed by atoms with E-state index in [4.69, 9.17) is 14.2 Å². The molecule has 0 aromatic carbocycles. The van der Waals surface area contributed by atoms with Crippen LogP contribution in [0, 0.1) is 0 Å². The van der Waals surface area contributed by atoms with Crippen molar-refractivity contribution in [3.63, 3.8) is 0 Å². The minimum atomic E-state index is -1.00. The van der Waals surface area contributed by atoms with E-state index in [1.807, 2.05) is 13.8 Å². The van der Waals surface area contributed by atoms with Gasteiger partial charge in [0.1, 0.15) is 0 Å². The van der Waals surface area contributed by atoms with Crippen LogP contribution in [0.5, 0.6) is 0 Å². The van der Waals surface area contributed by atoms with Crippen LogP contribution in [-0.2, 0) is 28.6 Å². The fourth-order valence-corrected chi connectivity index (χ4v) is 1.20. The van der Waals surface area contributed by atoms with E-state index in [1.54, 1.807) is 0 Å². The lowest BCUT2D eigenvalue weighted by Crippen LogP contribution is -2.26. The fourth-order valence-electron chi connectivity index (χ4n) is 1.20. The SMILES string of the molecule is CCCCOC(=O)/C=C\C(=O)O[C@H](C)C(=O)OCCCC. The van der Waals surface area contributed by atoms with Gasteiger partial charge in [0, 0.05) is 12.2 Å². The number of unbranched alkanes of at least 4 members (excludes halogenated alkanes) is 2. The topological polar surface area (TPSA) is 78.9 Å². The van der Waals surface area contributed by atoms with Gasteiger partial charge in [0.25, 0.3) is 0 Å². The molecule has 0 rings (SSSR count). The minimum Gasteiger partial charge on any atom is -0.463 e. The van der Waals surface area contributed by atoms with Crippen LogP contribution >= 0.6 is 0 Å². The molecule has 0 unspecified atom stereocenters. The molecule has 0 spiro atoms. The highest BCUT2D eigenvalue weighted by Crippen LogP contribution is 1.99. The molecule has 0 amide bonds. The summed E-state index contributed by atoms with van der Waals surface area (Å²) < 4.78 is 14.5. The summed E-state index contributed by atoms with van der Waals surface area (Å²) in [6, 6.07) is 0. The van der Waals surface area contributed by atoms with Gasteiger partial charge in [0.05, 0.1) is 13.2 Å². The Balaban J connectivity index is 4.00. The maximum atomic E-state index is 11.5. The summed E-state index contributed by atoms with van der Waals surface area (Å²) in [5.41, 5.74) is 0. The van der Waals surface area contributed by atoms with E-state index in [0.29, 0.717) is 13.2 Å². The Hall–Kier alpha value is -1.85. The molecule has 0 aromatic heterocycles. The molecule has 0 aromatic rings. The lowest BCUT2D eigenvalue weighted by Gasteiger charge is -2.11. The van der Waals surface area contributed by atoms with Crippen LogP contribution in [0.3, 0.4) is 0 Å². The molecule has 0 N–H and O–H groups in total. The van der Waals surface area contributed by atoms with Gasteiger partial charge in [-0.25, -0.2) is 14.4 Å². The van der Waals surface area contributed by atoms with E-state index in [-0.39, 0.29) is 0 Å². The minimum absolute atomic E-state index is 0.302. The maximum absolute atomic E-state index is 11.5. The van der Waals surface area contributed by atoms with Gasteiger partial charge in [-0.3, -0.25) is 0 Å². The molecule has 6 nitrogen and oxygen atoms in total. The van der Waals surface area contributed by atoms with E-state index >= 15 is 0 Å². The van der Waals surface area contributed by atoms with Crippen molar-refractivity contribution < 1.29 is 28.6 Å². The highest BCUT2D eigenvalue weighted by atomic mass is 16.6. The monoisotopic (exact) mass is 300 g/mol. The molecule has 0 radical (unpaired) electrons. The highest BCUT2D eigenvalue weighted by Gasteiger charge is 2.17. The lowest BCUT2D eigenvalue weighted by atomic mass is 10.3. The summed E-state index contributed by atoms with van der Waals surface area (Å²) in [7, 11) is 0. The van der Waals surface area contributed by atoms with Crippen molar-refractivity contribution in [3.8, 4) is 0 Å². The van der Waals surface area contributed by atoms with Crippen LogP contribution in [0.15, 0.2) is 12.2 Å². The van der Waals surface area contributed by atoms with Gasteiger partial charge in [-0.05, 0) is 19.8 Å². The third kappa shape index (κ3) is 10.6. The van der Waals surface area contributed by atoms with Crippen molar-refractivity contribution in [1.82, 2.24) is 0 Å². The second-order valence-corrected chi connectivity index (χ2v) is 4.45. The Kier molecular flexibility index (Phi) is 10.9. The molecule has 0 aliphatic rings. The molecule has 0 heterocycles. The van der Waals surface area contributed by atoms with E-state index in [9.17, 15) is 14.4 Å². The molecular weight excluding hydrogens is 276 g/mol. The zero-order valence-electron chi connectivity index (χ0n) is 12.9. The normalized spacial score (nSPS) is 12.0.